The molecule has 1 unspecified atom stereocenters. The number of aryl methyl sites for hydroxylation is 2. The first-order chi connectivity index (χ1) is 18.4. The fourth-order valence-corrected chi connectivity index (χ4v) is 5.55. The Morgan fingerprint density at radius 3 is 2.61 bits per heavy atom. The second-order valence-corrected chi connectivity index (χ2v) is 10.6. The highest BCUT2D eigenvalue weighted by molar-refractivity contribution is 5.76. The van der Waals surface area contributed by atoms with Gasteiger partial charge in [-0.3, -0.25) is 14.4 Å². The average Bonchev–Trinajstić information content (AvgIpc) is 3.24. The summed E-state index contributed by atoms with van der Waals surface area (Å²) in [6.45, 7) is 10.6. The van der Waals surface area contributed by atoms with Crippen molar-refractivity contribution in [3.05, 3.63) is 77.4 Å². The molecule has 0 bridgehead atoms. The SMILES string of the molecule is Cc1cc(C)n(CC(=O)N2CCCC(COc3cccc(CN4CCN(c5ccccc5F)CC4)c3)C2)n1. The van der Waals surface area contributed by atoms with E-state index in [2.05, 4.69) is 27.0 Å². The van der Waals surface area contributed by atoms with Crippen LogP contribution in [0.4, 0.5) is 10.1 Å². The van der Waals surface area contributed by atoms with Crippen molar-refractivity contribution in [2.45, 2.75) is 39.8 Å². The lowest BCUT2D eigenvalue weighted by molar-refractivity contribution is -0.134. The molecule has 7 nitrogen and oxygen atoms in total. The lowest BCUT2D eigenvalue weighted by Crippen LogP contribution is -2.46. The van der Waals surface area contributed by atoms with Crippen molar-refractivity contribution in [2.24, 2.45) is 5.92 Å². The summed E-state index contributed by atoms with van der Waals surface area (Å²) in [6, 6.07) is 17.3. The standard InChI is InChI=1S/C30H38FN5O2/c1-23-17-24(2)36(32-23)21-30(37)35-12-6-8-26(20-35)22-38-27-9-5-7-25(18-27)19-33-13-15-34(16-14-33)29-11-4-3-10-28(29)31/h3-5,7,9-11,17-18,26H,6,8,12-16,19-22H2,1-2H3. The number of carbonyl (C=O) groups excluding carboxylic acids is 1. The Kier molecular flexibility index (Phi) is 8.27. The van der Waals surface area contributed by atoms with Gasteiger partial charge >= 0.3 is 0 Å². The number of anilines is 1. The van der Waals surface area contributed by atoms with E-state index in [1.807, 2.05) is 49.1 Å². The van der Waals surface area contributed by atoms with Crippen molar-refractivity contribution in [3.63, 3.8) is 0 Å². The van der Waals surface area contributed by atoms with Crippen molar-refractivity contribution < 1.29 is 13.9 Å². The molecule has 202 valence electrons. The number of hydrogen-bond acceptors (Lipinski definition) is 5. The third-order valence-corrected chi connectivity index (χ3v) is 7.62. The van der Waals surface area contributed by atoms with Gasteiger partial charge in [-0.05, 0) is 62.6 Å². The smallest absolute Gasteiger partial charge is 0.244 e. The van der Waals surface area contributed by atoms with Gasteiger partial charge < -0.3 is 14.5 Å². The van der Waals surface area contributed by atoms with Crippen molar-refractivity contribution in [2.75, 3.05) is 50.8 Å². The number of piperazine rings is 1. The molecule has 2 saturated heterocycles. The van der Waals surface area contributed by atoms with Crippen molar-refractivity contribution >= 4 is 11.6 Å². The number of halogens is 1. The molecule has 3 heterocycles. The molecule has 2 aliphatic heterocycles. The molecule has 0 N–H and O–H groups in total. The molecule has 0 radical (unpaired) electrons. The molecular weight excluding hydrogens is 481 g/mol. The number of likely N-dealkylation sites (tertiary alicyclic amines) is 1. The quantitative estimate of drug-likeness (QED) is 0.445. The van der Waals surface area contributed by atoms with Gasteiger partial charge in [-0.15, -0.1) is 0 Å². The fraction of sp³-hybridized carbons (Fsp3) is 0.467. The summed E-state index contributed by atoms with van der Waals surface area (Å²) in [5, 5.41) is 4.43. The van der Waals surface area contributed by atoms with Crippen LogP contribution in [0.15, 0.2) is 54.6 Å². The number of para-hydroxylation sites is 1. The number of aromatic nitrogens is 2. The molecule has 2 aromatic carbocycles. The Bertz CT molecular complexity index is 1240. The third-order valence-electron chi connectivity index (χ3n) is 7.62. The lowest BCUT2D eigenvalue weighted by Gasteiger charge is -2.36. The Labute approximate surface area is 224 Å². The van der Waals surface area contributed by atoms with Crippen LogP contribution < -0.4 is 9.64 Å². The van der Waals surface area contributed by atoms with Crippen LogP contribution in [0.5, 0.6) is 5.75 Å². The molecule has 1 amide bonds. The first-order valence-corrected chi connectivity index (χ1v) is 13.7. The molecule has 0 spiro atoms. The molecule has 2 aliphatic rings. The van der Waals surface area contributed by atoms with E-state index in [1.54, 1.807) is 10.7 Å². The number of amides is 1. The van der Waals surface area contributed by atoms with Crippen LogP contribution >= 0.6 is 0 Å². The van der Waals surface area contributed by atoms with E-state index in [-0.39, 0.29) is 11.7 Å². The van der Waals surface area contributed by atoms with Gasteiger partial charge in [0.05, 0.1) is 18.0 Å². The van der Waals surface area contributed by atoms with Gasteiger partial charge in [0, 0.05) is 57.4 Å². The van der Waals surface area contributed by atoms with E-state index in [0.717, 1.165) is 75.8 Å². The first kappa shape index (κ1) is 26.2. The summed E-state index contributed by atoms with van der Waals surface area (Å²) >= 11 is 0. The molecule has 38 heavy (non-hydrogen) atoms. The second kappa shape index (κ2) is 12.0. The molecule has 2 fully saturated rings. The highest BCUT2D eigenvalue weighted by Gasteiger charge is 2.25. The molecule has 0 aliphatic carbocycles. The number of carbonyl (C=O) groups is 1. The van der Waals surface area contributed by atoms with Gasteiger partial charge in [-0.25, -0.2) is 4.39 Å². The Balaban J connectivity index is 1.09. The van der Waals surface area contributed by atoms with Crippen LogP contribution in [0.25, 0.3) is 0 Å². The minimum atomic E-state index is -0.153. The number of piperidine rings is 1. The number of rotatable bonds is 8. The van der Waals surface area contributed by atoms with Gasteiger partial charge in [0.1, 0.15) is 18.1 Å². The summed E-state index contributed by atoms with van der Waals surface area (Å²) in [7, 11) is 0. The minimum absolute atomic E-state index is 0.123. The number of benzene rings is 2. The summed E-state index contributed by atoms with van der Waals surface area (Å²) in [5.41, 5.74) is 3.86. The molecule has 8 heteroatoms. The minimum Gasteiger partial charge on any atom is -0.493 e. The molecule has 3 aromatic rings. The fourth-order valence-electron chi connectivity index (χ4n) is 5.55. The highest BCUT2D eigenvalue weighted by atomic mass is 19.1. The van der Waals surface area contributed by atoms with Gasteiger partial charge in [-0.1, -0.05) is 24.3 Å². The van der Waals surface area contributed by atoms with Crippen LogP contribution in [0.3, 0.4) is 0 Å². The van der Waals surface area contributed by atoms with E-state index >= 15 is 0 Å². The Morgan fingerprint density at radius 1 is 1.03 bits per heavy atom. The van der Waals surface area contributed by atoms with Crippen LogP contribution in [-0.4, -0.2) is 71.4 Å². The summed E-state index contributed by atoms with van der Waals surface area (Å²) in [6.07, 6.45) is 2.06. The van der Waals surface area contributed by atoms with Crippen molar-refractivity contribution in [1.82, 2.24) is 19.6 Å². The normalized spacial score (nSPS) is 18.6. The van der Waals surface area contributed by atoms with Crippen LogP contribution in [0.1, 0.15) is 29.8 Å². The van der Waals surface area contributed by atoms with Gasteiger partial charge in [0.2, 0.25) is 5.91 Å². The Hall–Kier alpha value is -3.39. The van der Waals surface area contributed by atoms with Crippen molar-refractivity contribution in [1.29, 1.82) is 0 Å². The van der Waals surface area contributed by atoms with Gasteiger partial charge in [0.15, 0.2) is 0 Å². The monoisotopic (exact) mass is 519 g/mol. The third kappa shape index (κ3) is 6.54. The van der Waals surface area contributed by atoms with E-state index < -0.39 is 0 Å². The Morgan fingerprint density at radius 2 is 1.84 bits per heavy atom. The highest BCUT2D eigenvalue weighted by Crippen LogP contribution is 2.23. The molecule has 5 rings (SSSR count). The topological polar surface area (TPSA) is 53.8 Å². The van der Waals surface area contributed by atoms with Crippen LogP contribution in [0, 0.1) is 25.6 Å². The summed E-state index contributed by atoms with van der Waals surface area (Å²) in [4.78, 5) is 19.4. The predicted molar refractivity (Wildman–Crippen MR) is 147 cm³/mol. The van der Waals surface area contributed by atoms with Crippen LogP contribution in [0.2, 0.25) is 0 Å². The van der Waals surface area contributed by atoms with Gasteiger partial charge in [-0.2, -0.15) is 5.10 Å². The number of hydrogen-bond donors (Lipinski definition) is 0. The number of nitrogens with zero attached hydrogens (tertiary/aromatic N) is 5. The largest absolute Gasteiger partial charge is 0.493 e. The maximum atomic E-state index is 14.1. The first-order valence-electron chi connectivity index (χ1n) is 13.7. The van der Waals surface area contributed by atoms with E-state index in [9.17, 15) is 9.18 Å². The zero-order valence-electron chi connectivity index (χ0n) is 22.5. The van der Waals surface area contributed by atoms with E-state index in [0.29, 0.717) is 24.8 Å². The summed E-state index contributed by atoms with van der Waals surface area (Å²) < 4.78 is 22.1. The summed E-state index contributed by atoms with van der Waals surface area (Å²) in [5.74, 6) is 1.17. The van der Waals surface area contributed by atoms with E-state index in [1.165, 1.54) is 11.6 Å². The maximum Gasteiger partial charge on any atom is 0.244 e. The molecule has 1 atom stereocenters. The van der Waals surface area contributed by atoms with Gasteiger partial charge in [0.25, 0.3) is 0 Å². The van der Waals surface area contributed by atoms with E-state index in [4.69, 9.17) is 4.74 Å². The average molecular weight is 520 g/mol. The zero-order valence-corrected chi connectivity index (χ0v) is 22.5. The molecule has 0 saturated carbocycles. The second-order valence-electron chi connectivity index (χ2n) is 10.6. The number of ether oxygens (including phenoxy) is 1. The van der Waals surface area contributed by atoms with Crippen molar-refractivity contribution in [3.8, 4) is 5.75 Å². The molecule has 1 aromatic heterocycles. The maximum absolute atomic E-state index is 14.1. The predicted octanol–water partition coefficient (Wildman–Crippen LogP) is 4.28. The zero-order chi connectivity index (χ0) is 26.5. The lowest BCUT2D eigenvalue weighted by atomic mass is 9.99. The molecular formula is C30H38FN5O2. The van der Waals surface area contributed by atoms with Crippen LogP contribution in [-0.2, 0) is 17.9 Å².